The summed E-state index contributed by atoms with van der Waals surface area (Å²) in [6, 6.07) is 13.2. The number of carbonyl (C=O) groups excluding carboxylic acids is 3. The lowest BCUT2D eigenvalue weighted by atomic mass is 10.0. The molecular formula is C22H23NO4S. The molecule has 146 valence electrons. The molecule has 1 saturated heterocycles. The fourth-order valence-electron chi connectivity index (χ4n) is 3.35. The molecule has 1 amide bonds. The Morgan fingerprint density at radius 2 is 1.96 bits per heavy atom. The number of benzene rings is 2. The summed E-state index contributed by atoms with van der Waals surface area (Å²) in [7, 11) is 0. The molecule has 0 spiro atoms. The molecule has 0 aromatic heterocycles. The number of amides is 1. The van der Waals surface area contributed by atoms with Crippen LogP contribution in [0.4, 0.5) is 5.69 Å². The highest BCUT2D eigenvalue weighted by molar-refractivity contribution is 7.98. The summed E-state index contributed by atoms with van der Waals surface area (Å²) in [6.07, 6.45) is 2.07. The van der Waals surface area contributed by atoms with Crippen LogP contribution in [0.2, 0.25) is 0 Å². The molecule has 3 rings (SSSR count). The number of aryl methyl sites for hydroxylation is 2. The number of thioether (sulfide) groups is 1. The Bertz CT molecular complexity index is 925. The van der Waals surface area contributed by atoms with Crippen LogP contribution in [0, 0.1) is 19.8 Å². The SMILES string of the molecule is CSc1cccc(N2C[C@H](C(=O)OCC(=O)c3ccc(C)cc3C)CC2=O)c1. The molecule has 0 bridgehead atoms. The number of rotatable bonds is 6. The number of ketones is 1. The monoisotopic (exact) mass is 397 g/mol. The molecule has 28 heavy (non-hydrogen) atoms. The molecule has 1 aliphatic heterocycles. The topological polar surface area (TPSA) is 63.7 Å². The van der Waals surface area contributed by atoms with Gasteiger partial charge >= 0.3 is 5.97 Å². The number of ether oxygens (including phenoxy) is 1. The van der Waals surface area contributed by atoms with Crippen LogP contribution < -0.4 is 4.90 Å². The van der Waals surface area contributed by atoms with Gasteiger partial charge in [0.15, 0.2) is 6.61 Å². The van der Waals surface area contributed by atoms with E-state index >= 15 is 0 Å². The van der Waals surface area contributed by atoms with E-state index in [2.05, 4.69) is 0 Å². The zero-order valence-corrected chi connectivity index (χ0v) is 17.0. The van der Waals surface area contributed by atoms with Crippen molar-refractivity contribution in [1.82, 2.24) is 0 Å². The highest BCUT2D eigenvalue weighted by Crippen LogP contribution is 2.28. The van der Waals surface area contributed by atoms with E-state index in [-0.39, 0.29) is 31.3 Å². The average molecular weight is 397 g/mol. The standard InChI is InChI=1S/C22H23NO4S/c1-14-7-8-19(15(2)9-14)20(24)13-27-22(26)16-10-21(25)23(12-16)17-5-4-6-18(11-17)28-3/h4-9,11,16H,10,12-13H2,1-3H3/t16-/m1/s1. The summed E-state index contributed by atoms with van der Waals surface area (Å²) in [4.78, 5) is 39.8. The minimum Gasteiger partial charge on any atom is -0.457 e. The first-order valence-electron chi connectivity index (χ1n) is 9.10. The van der Waals surface area contributed by atoms with Gasteiger partial charge in [-0.15, -0.1) is 11.8 Å². The largest absolute Gasteiger partial charge is 0.457 e. The Morgan fingerprint density at radius 3 is 2.68 bits per heavy atom. The lowest BCUT2D eigenvalue weighted by molar-refractivity contribution is -0.147. The fraction of sp³-hybridized carbons (Fsp3) is 0.318. The summed E-state index contributed by atoms with van der Waals surface area (Å²) in [5.74, 6) is -1.41. The molecule has 5 nitrogen and oxygen atoms in total. The van der Waals surface area contributed by atoms with Crippen LogP contribution in [-0.2, 0) is 14.3 Å². The summed E-state index contributed by atoms with van der Waals surface area (Å²) in [5, 5.41) is 0. The molecular weight excluding hydrogens is 374 g/mol. The maximum atomic E-state index is 12.4. The third kappa shape index (κ3) is 4.44. The molecule has 0 aliphatic carbocycles. The first kappa shape index (κ1) is 20.1. The molecule has 1 heterocycles. The molecule has 6 heteroatoms. The van der Waals surface area contributed by atoms with Crippen molar-refractivity contribution < 1.29 is 19.1 Å². The second-order valence-corrected chi connectivity index (χ2v) is 7.84. The summed E-state index contributed by atoms with van der Waals surface area (Å²) in [6.45, 7) is 3.78. The molecule has 1 fully saturated rings. The third-order valence-electron chi connectivity index (χ3n) is 4.85. The van der Waals surface area contributed by atoms with Crippen LogP contribution in [0.15, 0.2) is 47.4 Å². The van der Waals surface area contributed by atoms with Crippen molar-refractivity contribution in [2.75, 3.05) is 24.3 Å². The van der Waals surface area contributed by atoms with Gasteiger partial charge in [-0.05, 0) is 43.9 Å². The average Bonchev–Trinajstić information content (AvgIpc) is 3.07. The number of hydrogen-bond acceptors (Lipinski definition) is 5. The van der Waals surface area contributed by atoms with Crippen molar-refractivity contribution in [3.63, 3.8) is 0 Å². The van der Waals surface area contributed by atoms with Gasteiger partial charge in [-0.1, -0.05) is 29.8 Å². The van der Waals surface area contributed by atoms with E-state index < -0.39 is 11.9 Å². The predicted molar refractivity (Wildman–Crippen MR) is 110 cm³/mol. The van der Waals surface area contributed by atoms with Gasteiger partial charge in [0.1, 0.15) is 0 Å². The molecule has 0 unspecified atom stereocenters. The number of nitrogens with zero attached hydrogens (tertiary/aromatic N) is 1. The Hall–Kier alpha value is -2.60. The minimum atomic E-state index is -0.558. The molecule has 0 saturated carbocycles. The second-order valence-electron chi connectivity index (χ2n) is 6.96. The first-order valence-corrected chi connectivity index (χ1v) is 10.3. The van der Waals surface area contributed by atoms with Crippen molar-refractivity contribution >= 4 is 35.1 Å². The summed E-state index contributed by atoms with van der Waals surface area (Å²) < 4.78 is 5.23. The van der Waals surface area contributed by atoms with Gasteiger partial charge in [0, 0.05) is 29.1 Å². The molecule has 0 N–H and O–H groups in total. The van der Waals surface area contributed by atoms with Gasteiger partial charge in [0.25, 0.3) is 0 Å². The Labute approximate surface area is 169 Å². The van der Waals surface area contributed by atoms with Gasteiger partial charge in [-0.2, -0.15) is 0 Å². The third-order valence-corrected chi connectivity index (χ3v) is 5.58. The highest BCUT2D eigenvalue weighted by atomic mass is 32.2. The maximum absolute atomic E-state index is 12.4. The zero-order chi connectivity index (χ0) is 20.3. The molecule has 1 aliphatic rings. The van der Waals surface area contributed by atoms with E-state index in [0.717, 1.165) is 21.7 Å². The van der Waals surface area contributed by atoms with Crippen molar-refractivity contribution in [3.8, 4) is 0 Å². The van der Waals surface area contributed by atoms with E-state index in [1.165, 1.54) is 0 Å². The van der Waals surface area contributed by atoms with Crippen molar-refractivity contribution in [3.05, 3.63) is 59.2 Å². The van der Waals surface area contributed by atoms with Gasteiger partial charge in [-0.25, -0.2) is 0 Å². The smallest absolute Gasteiger partial charge is 0.311 e. The second kappa shape index (κ2) is 8.61. The highest BCUT2D eigenvalue weighted by Gasteiger charge is 2.36. The minimum absolute atomic E-state index is 0.0973. The Morgan fingerprint density at radius 1 is 1.18 bits per heavy atom. The van der Waals surface area contributed by atoms with Crippen LogP contribution in [0.1, 0.15) is 27.9 Å². The maximum Gasteiger partial charge on any atom is 0.311 e. The van der Waals surface area contributed by atoms with Crippen LogP contribution in [0.25, 0.3) is 0 Å². The normalized spacial score (nSPS) is 16.3. The number of carbonyl (C=O) groups is 3. The lowest BCUT2D eigenvalue weighted by Gasteiger charge is -2.17. The van der Waals surface area contributed by atoms with E-state index in [4.69, 9.17) is 4.74 Å². The van der Waals surface area contributed by atoms with Crippen LogP contribution in [0.3, 0.4) is 0 Å². The quantitative estimate of drug-likeness (QED) is 0.421. The summed E-state index contributed by atoms with van der Waals surface area (Å²) in [5.41, 5.74) is 3.26. The van der Waals surface area contributed by atoms with E-state index in [9.17, 15) is 14.4 Å². The van der Waals surface area contributed by atoms with Crippen LogP contribution >= 0.6 is 11.8 Å². The van der Waals surface area contributed by atoms with Gasteiger partial charge in [-0.3, -0.25) is 14.4 Å². The van der Waals surface area contributed by atoms with Crippen LogP contribution in [0.5, 0.6) is 0 Å². The van der Waals surface area contributed by atoms with Crippen LogP contribution in [-0.4, -0.2) is 37.1 Å². The van der Waals surface area contributed by atoms with Crippen molar-refractivity contribution in [1.29, 1.82) is 0 Å². The first-order chi connectivity index (χ1) is 13.4. The summed E-state index contributed by atoms with van der Waals surface area (Å²) >= 11 is 1.59. The Balaban J connectivity index is 1.60. The van der Waals surface area contributed by atoms with Crippen molar-refractivity contribution in [2.24, 2.45) is 5.92 Å². The van der Waals surface area contributed by atoms with Crippen molar-refractivity contribution in [2.45, 2.75) is 25.2 Å². The fourth-order valence-corrected chi connectivity index (χ4v) is 3.81. The van der Waals surface area contributed by atoms with Gasteiger partial charge in [0.05, 0.1) is 5.92 Å². The van der Waals surface area contributed by atoms with E-state index in [1.807, 2.05) is 56.5 Å². The lowest BCUT2D eigenvalue weighted by Crippen LogP contribution is -2.27. The number of hydrogen-bond donors (Lipinski definition) is 0. The zero-order valence-electron chi connectivity index (χ0n) is 16.2. The molecule has 0 radical (unpaired) electrons. The molecule has 2 aromatic carbocycles. The number of esters is 1. The number of Topliss-reactive ketones (excluding diaryl/α,β-unsaturated/α-hetero) is 1. The Kier molecular flexibility index (Phi) is 6.19. The van der Waals surface area contributed by atoms with E-state index in [1.54, 1.807) is 22.7 Å². The van der Waals surface area contributed by atoms with Gasteiger partial charge < -0.3 is 9.64 Å². The predicted octanol–water partition coefficient (Wildman–Crippen LogP) is 3.80. The van der Waals surface area contributed by atoms with E-state index in [0.29, 0.717) is 5.56 Å². The number of anilines is 1. The van der Waals surface area contributed by atoms with Gasteiger partial charge in [0.2, 0.25) is 11.7 Å². The molecule has 1 atom stereocenters. The molecule has 2 aromatic rings.